The number of fused-ring (bicyclic) bond motifs is 1. The molecule has 2 rings (SSSR count). The van der Waals surface area contributed by atoms with Gasteiger partial charge in [0, 0.05) is 12.8 Å². The highest BCUT2D eigenvalue weighted by atomic mass is 28.4. The number of Topliss-reactive ketones (excluding diaryl/α,β-unsaturated/α-hetero) is 1. The molecule has 16 heavy (non-hydrogen) atoms. The molecular formula is C13H20O2Si. The fraction of sp³-hybridized carbons (Fsp3) is 0.615. The van der Waals surface area contributed by atoms with Crippen molar-refractivity contribution in [2.24, 2.45) is 11.3 Å². The van der Waals surface area contributed by atoms with Crippen molar-refractivity contribution < 1.29 is 9.22 Å². The lowest BCUT2D eigenvalue weighted by atomic mass is 9.58. The first kappa shape index (κ1) is 11.6. The van der Waals surface area contributed by atoms with Gasteiger partial charge in [-0.05, 0) is 38.1 Å². The number of rotatable bonds is 3. The number of carbonyl (C=O) groups excluding carboxylic acids is 1. The van der Waals surface area contributed by atoms with Crippen LogP contribution in [0.4, 0.5) is 0 Å². The molecule has 0 N–H and O–H groups in total. The first-order valence-corrected chi connectivity index (χ1v) is 9.28. The standard InChI is InChI=1S/C13H20O2Si/c1-6-13-9(2)11(15-16(3,4)5)7-10(13)8-12(13)14/h6,10H,1,7-8H2,2-5H3/t10-,13-/m0/s1. The van der Waals surface area contributed by atoms with Gasteiger partial charge in [0.2, 0.25) is 8.32 Å². The Labute approximate surface area is 98.5 Å². The zero-order valence-corrected chi connectivity index (χ0v) is 11.6. The molecule has 0 aromatic carbocycles. The third-order valence-corrected chi connectivity index (χ3v) is 4.62. The van der Waals surface area contributed by atoms with E-state index >= 15 is 0 Å². The fourth-order valence-corrected chi connectivity index (χ4v) is 3.90. The van der Waals surface area contributed by atoms with Crippen LogP contribution in [0.1, 0.15) is 19.8 Å². The molecule has 2 aliphatic carbocycles. The third kappa shape index (κ3) is 1.41. The molecule has 0 spiro atoms. The van der Waals surface area contributed by atoms with E-state index in [1.54, 1.807) is 0 Å². The number of allylic oxidation sites excluding steroid dienone is 3. The Morgan fingerprint density at radius 3 is 2.44 bits per heavy atom. The summed E-state index contributed by atoms with van der Waals surface area (Å²) in [5, 5.41) is 0. The van der Waals surface area contributed by atoms with E-state index in [1.165, 1.54) is 0 Å². The summed E-state index contributed by atoms with van der Waals surface area (Å²) in [6, 6.07) is 0. The van der Waals surface area contributed by atoms with E-state index in [0.29, 0.717) is 18.1 Å². The van der Waals surface area contributed by atoms with Crippen molar-refractivity contribution in [3.63, 3.8) is 0 Å². The quantitative estimate of drug-likeness (QED) is 0.555. The minimum atomic E-state index is -1.57. The molecule has 0 radical (unpaired) electrons. The summed E-state index contributed by atoms with van der Waals surface area (Å²) in [5.41, 5.74) is 0.751. The van der Waals surface area contributed by atoms with Crippen molar-refractivity contribution in [3.05, 3.63) is 24.0 Å². The second-order valence-electron chi connectivity index (χ2n) is 5.86. The van der Waals surface area contributed by atoms with Crippen LogP contribution in [0.5, 0.6) is 0 Å². The zero-order chi connectivity index (χ0) is 12.1. The molecule has 1 fully saturated rings. The van der Waals surface area contributed by atoms with Gasteiger partial charge in [0.05, 0.1) is 11.2 Å². The van der Waals surface area contributed by atoms with Crippen molar-refractivity contribution >= 4 is 14.1 Å². The summed E-state index contributed by atoms with van der Waals surface area (Å²) < 4.78 is 6.09. The maximum absolute atomic E-state index is 11.8. The minimum absolute atomic E-state index is 0.319. The Morgan fingerprint density at radius 1 is 1.44 bits per heavy atom. The van der Waals surface area contributed by atoms with Gasteiger partial charge in [-0.3, -0.25) is 4.79 Å². The van der Waals surface area contributed by atoms with Crippen LogP contribution in [0.25, 0.3) is 0 Å². The third-order valence-electron chi connectivity index (χ3n) is 3.76. The highest BCUT2D eigenvalue weighted by Crippen LogP contribution is 2.58. The highest BCUT2D eigenvalue weighted by Gasteiger charge is 2.58. The molecule has 0 saturated heterocycles. The Kier molecular flexibility index (Phi) is 2.42. The topological polar surface area (TPSA) is 26.3 Å². The SMILES string of the molecule is C=C[C@@]12C(=O)C[C@@H]1CC(O[Si](C)(C)C)=C2C. The Bertz CT molecular complexity index is 389. The second kappa shape index (κ2) is 3.33. The molecule has 88 valence electrons. The summed E-state index contributed by atoms with van der Waals surface area (Å²) in [7, 11) is -1.57. The van der Waals surface area contributed by atoms with Crippen molar-refractivity contribution in [1.29, 1.82) is 0 Å². The van der Waals surface area contributed by atoms with E-state index in [4.69, 9.17) is 4.43 Å². The summed E-state index contributed by atoms with van der Waals surface area (Å²) in [6.07, 6.45) is 3.45. The van der Waals surface area contributed by atoms with E-state index in [-0.39, 0.29) is 5.41 Å². The lowest BCUT2D eigenvalue weighted by molar-refractivity contribution is -0.136. The smallest absolute Gasteiger partial charge is 0.241 e. The highest BCUT2D eigenvalue weighted by molar-refractivity contribution is 6.70. The zero-order valence-electron chi connectivity index (χ0n) is 10.6. The van der Waals surface area contributed by atoms with Crippen molar-refractivity contribution in [1.82, 2.24) is 0 Å². The van der Waals surface area contributed by atoms with Gasteiger partial charge in [-0.15, -0.1) is 6.58 Å². The molecule has 0 heterocycles. The number of ketones is 1. The van der Waals surface area contributed by atoms with E-state index in [9.17, 15) is 4.79 Å². The average Bonchev–Trinajstić information content (AvgIpc) is 2.33. The fourth-order valence-electron chi connectivity index (χ4n) is 2.93. The van der Waals surface area contributed by atoms with Crippen LogP contribution >= 0.6 is 0 Å². The van der Waals surface area contributed by atoms with Crippen LogP contribution in [0.15, 0.2) is 24.0 Å². The summed E-state index contributed by atoms with van der Waals surface area (Å²) in [4.78, 5) is 11.8. The molecular weight excluding hydrogens is 216 g/mol. The van der Waals surface area contributed by atoms with Crippen LogP contribution in [0.3, 0.4) is 0 Å². The predicted molar refractivity (Wildman–Crippen MR) is 67.5 cm³/mol. The molecule has 0 aromatic heterocycles. The van der Waals surface area contributed by atoms with Gasteiger partial charge in [-0.25, -0.2) is 0 Å². The minimum Gasteiger partial charge on any atom is -0.547 e. The largest absolute Gasteiger partial charge is 0.547 e. The maximum Gasteiger partial charge on any atom is 0.241 e. The molecule has 2 nitrogen and oxygen atoms in total. The van der Waals surface area contributed by atoms with Crippen molar-refractivity contribution in [3.8, 4) is 0 Å². The van der Waals surface area contributed by atoms with E-state index in [0.717, 1.165) is 17.8 Å². The summed E-state index contributed by atoms with van der Waals surface area (Å²) >= 11 is 0. The Morgan fingerprint density at radius 2 is 2.06 bits per heavy atom. The van der Waals surface area contributed by atoms with Gasteiger partial charge in [-0.2, -0.15) is 0 Å². The molecule has 0 amide bonds. The molecule has 2 atom stereocenters. The average molecular weight is 236 g/mol. The van der Waals surface area contributed by atoms with Gasteiger partial charge < -0.3 is 4.43 Å². The van der Waals surface area contributed by atoms with Gasteiger partial charge in [0.25, 0.3) is 0 Å². The van der Waals surface area contributed by atoms with E-state index in [1.807, 2.05) is 13.0 Å². The second-order valence-corrected chi connectivity index (χ2v) is 10.3. The monoisotopic (exact) mass is 236 g/mol. The van der Waals surface area contributed by atoms with Gasteiger partial charge >= 0.3 is 0 Å². The maximum atomic E-state index is 11.8. The molecule has 3 heteroatoms. The van der Waals surface area contributed by atoms with Crippen LogP contribution in [-0.4, -0.2) is 14.1 Å². The van der Waals surface area contributed by atoms with Gasteiger partial charge in [0.15, 0.2) is 0 Å². The van der Waals surface area contributed by atoms with E-state index < -0.39 is 8.32 Å². The summed E-state index contributed by atoms with van der Waals surface area (Å²) in [6.45, 7) is 12.4. The van der Waals surface area contributed by atoms with Crippen LogP contribution in [-0.2, 0) is 9.22 Å². The molecule has 0 aliphatic heterocycles. The van der Waals surface area contributed by atoms with Gasteiger partial charge in [-0.1, -0.05) is 6.08 Å². The predicted octanol–water partition coefficient (Wildman–Crippen LogP) is 3.28. The van der Waals surface area contributed by atoms with Crippen LogP contribution in [0.2, 0.25) is 19.6 Å². The lowest BCUT2D eigenvalue weighted by Crippen LogP contribution is -2.46. The molecule has 1 saturated carbocycles. The number of carbonyl (C=O) groups is 1. The van der Waals surface area contributed by atoms with Crippen molar-refractivity contribution in [2.45, 2.75) is 39.4 Å². The molecule has 0 bridgehead atoms. The Hall–Kier alpha value is -0.833. The first-order valence-electron chi connectivity index (χ1n) is 5.87. The molecule has 2 aliphatic rings. The van der Waals surface area contributed by atoms with Gasteiger partial charge in [0.1, 0.15) is 5.78 Å². The van der Waals surface area contributed by atoms with Crippen LogP contribution < -0.4 is 0 Å². The lowest BCUT2D eigenvalue weighted by Gasteiger charge is -2.41. The number of hydrogen-bond donors (Lipinski definition) is 0. The molecule has 0 unspecified atom stereocenters. The van der Waals surface area contributed by atoms with Crippen molar-refractivity contribution in [2.75, 3.05) is 0 Å². The number of hydrogen-bond acceptors (Lipinski definition) is 2. The normalized spacial score (nSPS) is 33.5. The summed E-state index contributed by atoms with van der Waals surface area (Å²) in [5.74, 6) is 1.80. The van der Waals surface area contributed by atoms with Crippen LogP contribution in [0, 0.1) is 11.3 Å². The van der Waals surface area contributed by atoms with E-state index in [2.05, 4.69) is 26.2 Å². The first-order chi connectivity index (χ1) is 7.31. The molecule has 0 aromatic rings. The Balaban J connectivity index is 2.32.